The molecule has 1 unspecified atom stereocenters. The molecular formula is C9H11BrN2O. The lowest BCUT2D eigenvalue weighted by Crippen LogP contribution is -2.19. The summed E-state index contributed by atoms with van der Waals surface area (Å²) < 4.78 is 6.30. The van der Waals surface area contributed by atoms with Crippen LogP contribution in [0.1, 0.15) is 6.42 Å². The second kappa shape index (κ2) is 4.07. The number of nitrogens with zero attached hydrogens (tertiary/aromatic N) is 1. The molecule has 1 saturated heterocycles. The lowest BCUT2D eigenvalue weighted by molar-refractivity contribution is 0.195. The number of rotatable bonds is 2. The summed E-state index contributed by atoms with van der Waals surface area (Å²) in [6.07, 6.45) is 2.84. The molecule has 0 aliphatic carbocycles. The lowest BCUT2D eigenvalue weighted by atomic mass is 10.2. The summed E-state index contributed by atoms with van der Waals surface area (Å²) in [5, 5.41) is 3.32. The van der Waals surface area contributed by atoms with Crippen LogP contribution in [0, 0.1) is 0 Å². The first kappa shape index (κ1) is 8.97. The SMILES string of the molecule is Brc1ccnc(NC2CCOC2)c1. The van der Waals surface area contributed by atoms with E-state index in [1.54, 1.807) is 6.20 Å². The first-order valence-electron chi connectivity index (χ1n) is 4.30. The smallest absolute Gasteiger partial charge is 0.127 e. The molecule has 1 aliphatic heterocycles. The van der Waals surface area contributed by atoms with Crippen molar-refractivity contribution < 1.29 is 4.74 Å². The highest BCUT2D eigenvalue weighted by Gasteiger charge is 2.15. The van der Waals surface area contributed by atoms with Crippen LogP contribution in [0.4, 0.5) is 5.82 Å². The van der Waals surface area contributed by atoms with Gasteiger partial charge < -0.3 is 10.1 Å². The van der Waals surface area contributed by atoms with Crippen molar-refractivity contribution in [1.29, 1.82) is 0 Å². The van der Waals surface area contributed by atoms with Crippen molar-refractivity contribution in [3.8, 4) is 0 Å². The van der Waals surface area contributed by atoms with E-state index in [0.717, 1.165) is 29.9 Å². The van der Waals surface area contributed by atoms with Crippen molar-refractivity contribution in [2.24, 2.45) is 0 Å². The van der Waals surface area contributed by atoms with Crippen molar-refractivity contribution in [3.63, 3.8) is 0 Å². The lowest BCUT2D eigenvalue weighted by Gasteiger charge is -2.10. The van der Waals surface area contributed by atoms with Gasteiger partial charge in [-0.05, 0) is 18.6 Å². The third-order valence-corrected chi connectivity index (χ3v) is 2.50. The molecule has 1 fully saturated rings. The van der Waals surface area contributed by atoms with E-state index in [-0.39, 0.29) is 0 Å². The van der Waals surface area contributed by atoms with Gasteiger partial charge in [-0.1, -0.05) is 15.9 Å². The Morgan fingerprint density at radius 2 is 2.54 bits per heavy atom. The quantitative estimate of drug-likeness (QED) is 0.863. The van der Waals surface area contributed by atoms with Gasteiger partial charge in [-0.2, -0.15) is 0 Å². The summed E-state index contributed by atoms with van der Waals surface area (Å²) in [5.74, 6) is 0.907. The van der Waals surface area contributed by atoms with E-state index in [1.165, 1.54) is 0 Å². The van der Waals surface area contributed by atoms with E-state index in [4.69, 9.17) is 4.74 Å². The second-order valence-corrected chi connectivity index (χ2v) is 3.98. The molecule has 1 aromatic rings. The summed E-state index contributed by atoms with van der Waals surface area (Å²) in [4.78, 5) is 4.21. The molecule has 0 aromatic carbocycles. The Bertz CT molecular complexity index is 287. The Labute approximate surface area is 85.6 Å². The maximum atomic E-state index is 5.26. The summed E-state index contributed by atoms with van der Waals surface area (Å²) in [6, 6.07) is 4.30. The van der Waals surface area contributed by atoms with Crippen molar-refractivity contribution in [2.45, 2.75) is 12.5 Å². The van der Waals surface area contributed by atoms with Gasteiger partial charge in [-0.25, -0.2) is 4.98 Å². The third kappa shape index (κ3) is 2.42. The van der Waals surface area contributed by atoms with Crippen LogP contribution in [0.3, 0.4) is 0 Å². The van der Waals surface area contributed by atoms with E-state index in [0.29, 0.717) is 6.04 Å². The maximum absolute atomic E-state index is 5.26. The number of anilines is 1. The molecule has 0 bridgehead atoms. The van der Waals surface area contributed by atoms with Crippen LogP contribution in [-0.2, 0) is 4.74 Å². The number of pyridine rings is 1. The van der Waals surface area contributed by atoms with E-state index < -0.39 is 0 Å². The first-order chi connectivity index (χ1) is 6.34. The largest absolute Gasteiger partial charge is 0.379 e. The highest BCUT2D eigenvalue weighted by Crippen LogP contribution is 2.15. The fraction of sp³-hybridized carbons (Fsp3) is 0.444. The second-order valence-electron chi connectivity index (χ2n) is 3.06. The molecule has 13 heavy (non-hydrogen) atoms. The molecule has 1 aromatic heterocycles. The maximum Gasteiger partial charge on any atom is 0.127 e. The highest BCUT2D eigenvalue weighted by molar-refractivity contribution is 9.10. The minimum absolute atomic E-state index is 0.418. The van der Waals surface area contributed by atoms with Gasteiger partial charge >= 0.3 is 0 Å². The number of aromatic nitrogens is 1. The normalized spacial score (nSPS) is 21.8. The monoisotopic (exact) mass is 242 g/mol. The molecule has 3 nitrogen and oxygen atoms in total. The van der Waals surface area contributed by atoms with Gasteiger partial charge in [-0.15, -0.1) is 0 Å². The molecular weight excluding hydrogens is 232 g/mol. The summed E-state index contributed by atoms with van der Waals surface area (Å²) in [6.45, 7) is 1.64. The Balaban J connectivity index is 2.00. The highest BCUT2D eigenvalue weighted by atomic mass is 79.9. The van der Waals surface area contributed by atoms with Gasteiger partial charge in [0.1, 0.15) is 5.82 Å². The first-order valence-corrected chi connectivity index (χ1v) is 5.10. The van der Waals surface area contributed by atoms with Crippen LogP contribution in [0.25, 0.3) is 0 Å². The molecule has 0 radical (unpaired) electrons. The van der Waals surface area contributed by atoms with Crippen LogP contribution >= 0.6 is 15.9 Å². The Hall–Kier alpha value is -0.610. The van der Waals surface area contributed by atoms with Crippen molar-refractivity contribution in [1.82, 2.24) is 4.98 Å². The number of hydrogen-bond donors (Lipinski definition) is 1. The zero-order chi connectivity index (χ0) is 9.10. The van der Waals surface area contributed by atoms with Crippen molar-refractivity contribution in [2.75, 3.05) is 18.5 Å². The molecule has 1 N–H and O–H groups in total. The van der Waals surface area contributed by atoms with Crippen molar-refractivity contribution >= 4 is 21.7 Å². The molecule has 1 atom stereocenters. The Kier molecular flexibility index (Phi) is 2.80. The number of nitrogens with one attached hydrogen (secondary N) is 1. The minimum Gasteiger partial charge on any atom is -0.379 e. The molecule has 0 amide bonds. The van der Waals surface area contributed by atoms with E-state index >= 15 is 0 Å². The van der Waals surface area contributed by atoms with E-state index in [1.807, 2.05) is 12.1 Å². The van der Waals surface area contributed by atoms with Gasteiger partial charge in [0.05, 0.1) is 12.6 Å². The number of ether oxygens (including phenoxy) is 1. The number of halogens is 1. The molecule has 2 rings (SSSR count). The fourth-order valence-corrected chi connectivity index (χ4v) is 1.68. The van der Waals surface area contributed by atoms with Crippen LogP contribution in [0.15, 0.2) is 22.8 Å². The van der Waals surface area contributed by atoms with Crippen LogP contribution in [-0.4, -0.2) is 24.2 Å². The molecule has 4 heteroatoms. The van der Waals surface area contributed by atoms with Gasteiger partial charge in [0, 0.05) is 17.3 Å². The van der Waals surface area contributed by atoms with Gasteiger partial charge in [0.2, 0.25) is 0 Å². The zero-order valence-electron chi connectivity index (χ0n) is 7.16. The van der Waals surface area contributed by atoms with E-state index in [2.05, 4.69) is 26.2 Å². The zero-order valence-corrected chi connectivity index (χ0v) is 8.75. The van der Waals surface area contributed by atoms with Gasteiger partial charge in [0.15, 0.2) is 0 Å². The van der Waals surface area contributed by atoms with Gasteiger partial charge in [-0.3, -0.25) is 0 Å². The predicted octanol–water partition coefficient (Wildman–Crippen LogP) is 2.04. The van der Waals surface area contributed by atoms with Crippen LogP contribution in [0.2, 0.25) is 0 Å². The fourth-order valence-electron chi connectivity index (χ4n) is 1.34. The average Bonchev–Trinajstić information content (AvgIpc) is 2.57. The topological polar surface area (TPSA) is 34.2 Å². The molecule has 1 aliphatic rings. The van der Waals surface area contributed by atoms with Crippen LogP contribution < -0.4 is 5.32 Å². The Morgan fingerprint density at radius 3 is 3.23 bits per heavy atom. The minimum atomic E-state index is 0.418. The summed E-state index contributed by atoms with van der Waals surface area (Å²) in [7, 11) is 0. The average molecular weight is 243 g/mol. The van der Waals surface area contributed by atoms with Gasteiger partial charge in [0.25, 0.3) is 0 Å². The molecule has 0 spiro atoms. The Morgan fingerprint density at radius 1 is 1.62 bits per heavy atom. The molecule has 2 heterocycles. The molecule has 70 valence electrons. The summed E-state index contributed by atoms with van der Waals surface area (Å²) in [5.41, 5.74) is 0. The van der Waals surface area contributed by atoms with Crippen molar-refractivity contribution in [3.05, 3.63) is 22.8 Å². The number of hydrogen-bond acceptors (Lipinski definition) is 3. The standard InChI is InChI=1S/C9H11BrN2O/c10-7-1-3-11-9(5-7)12-8-2-4-13-6-8/h1,3,5,8H,2,4,6H2,(H,11,12). The predicted molar refractivity (Wildman–Crippen MR) is 54.8 cm³/mol. The molecule has 0 saturated carbocycles. The van der Waals surface area contributed by atoms with Crippen LogP contribution in [0.5, 0.6) is 0 Å². The van der Waals surface area contributed by atoms with E-state index in [9.17, 15) is 0 Å². The summed E-state index contributed by atoms with van der Waals surface area (Å²) >= 11 is 3.40. The third-order valence-electron chi connectivity index (χ3n) is 2.00.